The molecule has 0 heterocycles. The third-order valence-corrected chi connectivity index (χ3v) is 11.4. The Bertz CT molecular complexity index is 1270. The fourth-order valence-corrected chi connectivity index (χ4v) is 7.42. The van der Waals surface area contributed by atoms with E-state index in [1.807, 2.05) is 21.1 Å². The van der Waals surface area contributed by atoms with Gasteiger partial charge in [-0.2, -0.15) is 0 Å². The largest absolute Gasteiger partial charge is 0.477 e. The first-order valence-corrected chi connectivity index (χ1v) is 26.0. The highest BCUT2D eigenvalue weighted by molar-refractivity contribution is 5.72. The van der Waals surface area contributed by atoms with Crippen molar-refractivity contribution in [3.63, 3.8) is 0 Å². The molecule has 0 aliphatic heterocycles. The lowest BCUT2D eigenvalue weighted by molar-refractivity contribution is -0.887. The van der Waals surface area contributed by atoms with E-state index in [1.165, 1.54) is 89.9 Å². The predicted octanol–water partition coefficient (Wildman–Crippen LogP) is 15.1. The summed E-state index contributed by atoms with van der Waals surface area (Å²) in [6.45, 7) is 4.52. The van der Waals surface area contributed by atoms with Gasteiger partial charge in [0.05, 0.1) is 34.4 Å². The summed E-state index contributed by atoms with van der Waals surface area (Å²) < 4.78 is 17.4. The minimum absolute atomic E-state index is 0.0544. The van der Waals surface area contributed by atoms with Crippen LogP contribution in [0.4, 0.5) is 0 Å². The number of likely N-dealkylation sites (N-methyl/N-ethyl adjacent to an activating group) is 1. The zero-order valence-electron chi connectivity index (χ0n) is 42.0. The number of nitrogens with zero attached hydrogens (tertiary/aromatic N) is 1. The molecule has 0 aliphatic rings. The Morgan fingerprint density at radius 2 is 0.828 bits per heavy atom. The number of carbonyl (C=O) groups is 3. The van der Waals surface area contributed by atoms with Crippen molar-refractivity contribution < 1.29 is 38.2 Å². The first-order chi connectivity index (χ1) is 31.1. The molecule has 0 spiro atoms. The van der Waals surface area contributed by atoms with Crippen LogP contribution in [0.25, 0.3) is 0 Å². The molecule has 0 aromatic rings. The van der Waals surface area contributed by atoms with Crippen molar-refractivity contribution in [2.24, 2.45) is 0 Å². The number of carboxylic acid groups (broad SMARTS) is 1. The Balaban J connectivity index is 4.25. The summed E-state index contributed by atoms with van der Waals surface area (Å²) in [6, 6.07) is -0.620. The number of esters is 2. The Kier molecular flexibility index (Phi) is 44.0. The second-order valence-corrected chi connectivity index (χ2v) is 18.4. The molecule has 0 saturated carbocycles. The van der Waals surface area contributed by atoms with Crippen LogP contribution in [0.15, 0.2) is 72.9 Å². The van der Waals surface area contributed by atoms with Gasteiger partial charge in [-0.25, -0.2) is 4.79 Å². The molecule has 0 saturated heterocycles. The van der Waals surface area contributed by atoms with Crippen LogP contribution in [0, 0.1) is 0 Å². The van der Waals surface area contributed by atoms with Gasteiger partial charge < -0.3 is 23.8 Å². The second-order valence-electron chi connectivity index (χ2n) is 18.4. The van der Waals surface area contributed by atoms with E-state index in [1.54, 1.807) is 0 Å². The third kappa shape index (κ3) is 44.0. The van der Waals surface area contributed by atoms with E-state index in [0.717, 1.165) is 89.9 Å². The molecule has 0 aromatic heterocycles. The molecular weight excluding hydrogens is 799 g/mol. The Hall–Kier alpha value is -3.23. The first-order valence-electron chi connectivity index (χ1n) is 26.0. The Labute approximate surface area is 393 Å². The van der Waals surface area contributed by atoms with E-state index in [0.29, 0.717) is 19.3 Å². The van der Waals surface area contributed by atoms with Crippen molar-refractivity contribution >= 4 is 17.9 Å². The monoisotopic (exact) mass is 897 g/mol. The molecule has 8 nitrogen and oxygen atoms in total. The molecule has 64 heavy (non-hydrogen) atoms. The Morgan fingerprint density at radius 1 is 0.469 bits per heavy atom. The molecule has 0 amide bonds. The number of quaternary nitrogens is 1. The average Bonchev–Trinajstić information content (AvgIpc) is 3.26. The van der Waals surface area contributed by atoms with Crippen molar-refractivity contribution in [2.75, 3.05) is 41.0 Å². The number of hydrogen-bond donors (Lipinski definition) is 1. The van der Waals surface area contributed by atoms with Gasteiger partial charge in [-0.15, -0.1) is 0 Å². The van der Waals surface area contributed by atoms with Crippen LogP contribution >= 0.6 is 0 Å². The molecular formula is C56H98NO7+. The van der Waals surface area contributed by atoms with Gasteiger partial charge in [0.15, 0.2) is 12.1 Å². The van der Waals surface area contributed by atoms with Crippen LogP contribution in [0.5, 0.6) is 0 Å². The number of unbranched alkanes of at least 4 members (excludes halogenated alkanes) is 20. The maximum absolute atomic E-state index is 12.8. The van der Waals surface area contributed by atoms with Crippen LogP contribution in [-0.4, -0.2) is 80.6 Å². The zero-order valence-corrected chi connectivity index (χ0v) is 42.0. The predicted molar refractivity (Wildman–Crippen MR) is 270 cm³/mol. The number of carboxylic acids is 1. The van der Waals surface area contributed by atoms with Gasteiger partial charge in [0.25, 0.3) is 0 Å². The van der Waals surface area contributed by atoms with Crippen LogP contribution in [-0.2, 0) is 28.6 Å². The summed E-state index contributed by atoms with van der Waals surface area (Å²) in [5.74, 6) is -1.48. The molecule has 2 atom stereocenters. The minimum atomic E-state index is -0.878. The highest BCUT2D eigenvalue weighted by Gasteiger charge is 2.31. The van der Waals surface area contributed by atoms with Crippen molar-refractivity contribution in [1.29, 1.82) is 0 Å². The summed E-state index contributed by atoms with van der Waals surface area (Å²) in [4.78, 5) is 37.2. The topological polar surface area (TPSA) is 99.1 Å². The average molecular weight is 897 g/mol. The maximum atomic E-state index is 12.8. The van der Waals surface area contributed by atoms with E-state index >= 15 is 0 Å². The van der Waals surface area contributed by atoms with Crippen LogP contribution in [0.3, 0.4) is 0 Å². The molecule has 0 radical (unpaired) electrons. The summed E-state index contributed by atoms with van der Waals surface area (Å²) in [5.41, 5.74) is 0. The van der Waals surface area contributed by atoms with Crippen molar-refractivity contribution in [1.82, 2.24) is 0 Å². The standard InChI is InChI=1S/C56H97NO7/c1-6-8-10-12-14-16-18-20-22-24-26-27-29-31-33-35-37-39-41-43-45-47-55(59)64-52(50-62-49-48-53(56(60)61)57(3,4)5)51-63-54(58)46-44-42-40-38-36-34-32-30-28-25-23-21-19-17-15-13-11-9-7-2/h8-11,14-17,21,23,28,30,52-53H,6-7,12-13,18-20,22,24-27,29,31-51H2,1-5H3/p+1/b10-8+,11-9+,16-14+,17-15+,23-21+,30-28+. The fraction of sp³-hybridized carbons (Fsp3) is 0.732. The fourth-order valence-electron chi connectivity index (χ4n) is 7.42. The van der Waals surface area contributed by atoms with Gasteiger partial charge in [-0.05, 0) is 77.0 Å². The Morgan fingerprint density at radius 3 is 1.22 bits per heavy atom. The maximum Gasteiger partial charge on any atom is 0.362 e. The quantitative estimate of drug-likeness (QED) is 0.0281. The summed E-state index contributed by atoms with van der Waals surface area (Å²) >= 11 is 0. The molecule has 8 heteroatoms. The molecule has 368 valence electrons. The highest BCUT2D eigenvalue weighted by atomic mass is 16.6. The third-order valence-electron chi connectivity index (χ3n) is 11.4. The van der Waals surface area contributed by atoms with Gasteiger partial charge in [-0.1, -0.05) is 189 Å². The minimum Gasteiger partial charge on any atom is -0.477 e. The molecule has 1 N–H and O–H groups in total. The first kappa shape index (κ1) is 60.8. The molecule has 0 fully saturated rings. The van der Waals surface area contributed by atoms with E-state index < -0.39 is 18.1 Å². The lowest BCUT2D eigenvalue weighted by atomic mass is 10.0. The van der Waals surface area contributed by atoms with Gasteiger partial charge in [-0.3, -0.25) is 9.59 Å². The summed E-state index contributed by atoms with van der Waals surface area (Å²) in [5, 5.41) is 9.66. The number of hydrogen-bond acceptors (Lipinski definition) is 6. The number of aliphatic carboxylic acids is 1. The van der Waals surface area contributed by atoms with E-state index in [-0.39, 0.29) is 36.2 Å². The summed E-state index contributed by atoms with van der Waals surface area (Å²) in [7, 11) is 5.53. The van der Waals surface area contributed by atoms with Gasteiger partial charge in [0, 0.05) is 19.3 Å². The van der Waals surface area contributed by atoms with Crippen molar-refractivity contribution in [3.05, 3.63) is 72.9 Å². The van der Waals surface area contributed by atoms with Gasteiger partial charge in [0.1, 0.15) is 6.61 Å². The second kappa shape index (κ2) is 46.3. The van der Waals surface area contributed by atoms with E-state index in [2.05, 4.69) is 86.8 Å². The molecule has 0 aliphatic carbocycles. The highest BCUT2D eigenvalue weighted by Crippen LogP contribution is 2.16. The SMILES string of the molecule is CC/C=C/C/C=C/C/C=C/C/C=C/CCCCCCCCC(=O)OCC(COCCC(C(=O)O)[N+](C)(C)C)OC(=O)CCCCCCCCCCCCCCCC/C=C/C/C=C/CC. The molecule has 2 unspecified atom stereocenters. The smallest absolute Gasteiger partial charge is 0.362 e. The lowest BCUT2D eigenvalue weighted by Gasteiger charge is -2.31. The molecule has 0 rings (SSSR count). The lowest BCUT2D eigenvalue weighted by Crippen LogP contribution is -2.50. The summed E-state index contributed by atoms with van der Waals surface area (Å²) in [6.07, 6.45) is 59.5. The number of ether oxygens (including phenoxy) is 3. The van der Waals surface area contributed by atoms with Crippen molar-refractivity contribution in [2.45, 2.75) is 225 Å². The van der Waals surface area contributed by atoms with Crippen LogP contribution < -0.4 is 0 Å². The zero-order chi connectivity index (χ0) is 47.0. The van der Waals surface area contributed by atoms with Gasteiger partial charge in [0.2, 0.25) is 0 Å². The van der Waals surface area contributed by atoms with Gasteiger partial charge >= 0.3 is 17.9 Å². The molecule has 0 aromatic carbocycles. The number of carbonyl (C=O) groups excluding carboxylic acids is 2. The van der Waals surface area contributed by atoms with E-state index in [4.69, 9.17) is 14.2 Å². The normalized spacial score (nSPS) is 13.5. The van der Waals surface area contributed by atoms with Crippen LogP contribution in [0.2, 0.25) is 0 Å². The van der Waals surface area contributed by atoms with E-state index in [9.17, 15) is 19.5 Å². The number of allylic oxidation sites excluding steroid dienone is 12. The molecule has 0 bridgehead atoms. The van der Waals surface area contributed by atoms with Crippen LogP contribution in [0.1, 0.15) is 213 Å². The number of rotatable bonds is 46. The van der Waals surface area contributed by atoms with Crippen molar-refractivity contribution in [3.8, 4) is 0 Å².